The zero-order valence-electron chi connectivity index (χ0n) is 12.9. The van der Waals surface area contributed by atoms with Gasteiger partial charge in [0.15, 0.2) is 5.96 Å². The fraction of sp³-hybridized carbons (Fsp3) is 0.667. The van der Waals surface area contributed by atoms with E-state index in [9.17, 15) is 19.5 Å². The zero-order valence-corrected chi connectivity index (χ0v) is 12.9. The standard InChI is InChI=1S/C12H23N5O5/c1-12(2,3)22-11(21)17(10(15)20)7(8(18)19)5-4-6-16-9(13)14/h7H,4-6H2,1-3H3,(H2,15,20)(H,18,19)(H4,13,14,16)/t7-/m0/s1. The summed E-state index contributed by atoms with van der Waals surface area (Å²) in [5.41, 5.74) is 9.29. The maximum Gasteiger partial charge on any atom is 0.419 e. The highest BCUT2D eigenvalue weighted by Crippen LogP contribution is 2.14. The lowest BCUT2D eigenvalue weighted by atomic mass is 10.1. The lowest BCUT2D eigenvalue weighted by Crippen LogP contribution is -2.52. The van der Waals surface area contributed by atoms with Crippen molar-refractivity contribution in [3.8, 4) is 0 Å². The van der Waals surface area contributed by atoms with Gasteiger partial charge in [0, 0.05) is 6.54 Å². The Bertz CT molecular complexity index is 446. The molecule has 126 valence electrons. The van der Waals surface area contributed by atoms with Gasteiger partial charge in [-0.2, -0.15) is 0 Å². The topological polar surface area (TPSA) is 172 Å². The predicted molar refractivity (Wildman–Crippen MR) is 78.2 cm³/mol. The number of hydrogen-bond donors (Lipinski definition) is 5. The molecule has 0 unspecified atom stereocenters. The fourth-order valence-corrected chi connectivity index (χ4v) is 1.56. The van der Waals surface area contributed by atoms with E-state index in [4.69, 9.17) is 21.6 Å². The van der Waals surface area contributed by atoms with Crippen molar-refractivity contribution < 1.29 is 24.2 Å². The maximum absolute atomic E-state index is 12.0. The Morgan fingerprint density at radius 2 is 1.86 bits per heavy atom. The first-order chi connectivity index (χ1) is 9.95. The lowest BCUT2D eigenvalue weighted by Gasteiger charge is -2.28. The summed E-state index contributed by atoms with van der Waals surface area (Å²) in [6.07, 6.45) is -0.923. The molecule has 3 amide bonds. The number of carboxylic acid groups (broad SMARTS) is 1. The number of aliphatic carboxylic acids is 1. The van der Waals surface area contributed by atoms with Gasteiger partial charge >= 0.3 is 18.1 Å². The molecule has 0 aliphatic rings. The molecule has 0 aliphatic heterocycles. The number of amides is 3. The number of guanidine groups is 1. The van der Waals surface area contributed by atoms with Crippen molar-refractivity contribution >= 4 is 24.1 Å². The number of carboxylic acids is 1. The van der Waals surface area contributed by atoms with Gasteiger partial charge in [-0.3, -0.25) is 5.41 Å². The monoisotopic (exact) mass is 317 g/mol. The van der Waals surface area contributed by atoms with Crippen molar-refractivity contribution in [3.05, 3.63) is 0 Å². The molecule has 0 fully saturated rings. The van der Waals surface area contributed by atoms with Gasteiger partial charge in [-0.25, -0.2) is 19.3 Å². The Morgan fingerprint density at radius 1 is 1.32 bits per heavy atom. The Labute approximate surface area is 128 Å². The molecule has 0 rings (SSSR count). The first kappa shape index (κ1) is 19.5. The molecule has 0 radical (unpaired) electrons. The lowest BCUT2D eigenvalue weighted by molar-refractivity contribution is -0.142. The van der Waals surface area contributed by atoms with Crippen LogP contribution in [0.3, 0.4) is 0 Å². The number of nitrogens with one attached hydrogen (secondary N) is 2. The van der Waals surface area contributed by atoms with Gasteiger partial charge in [-0.15, -0.1) is 0 Å². The molecule has 0 saturated carbocycles. The Kier molecular flexibility index (Phi) is 7.13. The molecule has 10 heteroatoms. The summed E-state index contributed by atoms with van der Waals surface area (Å²) in [4.78, 5) is 35.1. The van der Waals surface area contributed by atoms with Crippen LogP contribution in [0.4, 0.5) is 9.59 Å². The van der Waals surface area contributed by atoms with Gasteiger partial charge in [0.25, 0.3) is 0 Å². The number of rotatable bonds is 6. The van der Waals surface area contributed by atoms with Crippen molar-refractivity contribution in [3.63, 3.8) is 0 Å². The van der Waals surface area contributed by atoms with Crippen LogP contribution in [0.2, 0.25) is 0 Å². The number of hydrogen-bond acceptors (Lipinski definition) is 5. The summed E-state index contributed by atoms with van der Waals surface area (Å²) in [5, 5.41) is 18.7. The van der Waals surface area contributed by atoms with Crippen LogP contribution in [0.15, 0.2) is 0 Å². The molecule has 0 spiro atoms. The van der Waals surface area contributed by atoms with E-state index in [2.05, 4.69) is 5.32 Å². The van der Waals surface area contributed by atoms with Crippen LogP contribution in [0.25, 0.3) is 0 Å². The highest BCUT2D eigenvalue weighted by molar-refractivity contribution is 5.95. The van der Waals surface area contributed by atoms with E-state index in [1.807, 2.05) is 0 Å². The molecule has 1 atom stereocenters. The van der Waals surface area contributed by atoms with Crippen LogP contribution in [0.1, 0.15) is 33.6 Å². The number of carbonyl (C=O) groups is 3. The number of urea groups is 1. The molecule has 7 N–H and O–H groups in total. The summed E-state index contributed by atoms with van der Waals surface area (Å²) >= 11 is 0. The average molecular weight is 317 g/mol. The molecule has 10 nitrogen and oxygen atoms in total. The first-order valence-corrected chi connectivity index (χ1v) is 6.58. The zero-order chi connectivity index (χ0) is 17.5. The quantitative estimate of drug-likeness (QED) is 0.261. The SMILES string of the molecule is CC(C)(C)OC(=O)N(C(N)=O)[C@@H](CCCNC(=N)N)C(=O)O. The van der Waals surface area contributed by atoms with E-state index in [1.165, 1.54) is 0 Å². The minimum atomic E-state index is -1.46. The summed E-state index contributed by atoms with van der Waals surface area (Å²) < 4.78 is 4.99. The van der Waals surface area contributed by atoms with Crippen molar-refractivity contribution in [2.24, 2.45) is 11.5 Å². The van der Waals surface area contributed by atoms with E-state index in [0.717, 1.165) is 0 Å². The number of nitrogens with zero attached hydrogens (tertiary/aromatic N) is 1. The molecular weight excluding hydrogens is 294 g/mol. The molecule has 0 saturated heterocycles. The van der Waals surface area contributed by atoms with Gasteiger partial charge in [0.05, 0.1) is 0 Å². The van der Waals surface area contributed by atoms with Gasteiger partial charge in [0.2, 0.25) is 0 Å². The van der Waals surface area contributed by atoms with Gasteiger partial charge in [-0.1, -0.05) is 0 Å². The Balaban J connectivity index is 4.96. The number of nitrogens with two attached hydrogens (primary N) is 2. The third kappa shape index (κ3) is 7.31. The van der Waals surface area contributed by atoms with Crippen LogP contribution < -0.4 is 16.8 Å². The Hall–Kier alpha value is -2.52. The van der Waals surface area contributed by atoms with E-state index in [1.54, 1.807) is 20.8 Å². The van der Waals surface area contributed by atoms with E-state index < -0.39 is 29.7 Å². The molecule has 22 heavy (non-hydrogen) atoms. The number of primary amides is 1. The molecule has 0 aromatic heterocycles. The minimum absolute atomic E-state index is 0.0577. The second-order valence-electron chi connectivity index (χ2n) is 5.53. The van der Waals surface area contributed by atoms with Crippen molar-refractivity contribution in [1.29, 1.82) is 5.41 Å². The molecule has 0 heterocycles. The van der Waals surface area contributed by atoms with Crippen LogP contribution in [-0.2, 0) is 9.53 Å². The van der Waals surface area contributed by atoms with Gasteiger partial charge < -0.3 is 26.6 Å². The van der Waals surface area contributed by atoms with E-state index in [0.29, 0.717) is 4.90 Å². The van der Waals surface area contributed by atoms with Crippen LogP contribution in [0, 0.1) is 5.41 Å². The van der Waals surface area contributed by atoms with Gasteiger partial charge in [-0.05, 0) is 33.6 Å². The highest BCUT2D eigenvalue weighted by atomic mass is 16.6. The molecule has 0 bridgehead atoms. The summed E-state index contributed by atoms with van der Waals surface area (Å²) in [5.74, 6) is -1.64. The van der Waals surface area contributed by atoms with Crippen molar-refractivity contribution in [1.82, 2.24) is 10.2 Å². The van der Waals surface area contributed by atoms with Crippen molar-refractivity contribution in [2.75, 3.05) is 6.54 Å². The summed E-state index contributed by atoms with van der Waals surface area (Å²) in [6, 6.07) is -2.66. The minimum Gasteiger partial charge on any atom is -0.480 e. The second kappa shape index (κ2) is 8.05. The highest BCUT2D eigenvalue weighted by Gasteiger charge is 2.36. The summed E-state index contributed by atoms with van der Waals surface area (Å²) in [7, 11) is 0. The van der Waals surface area contributed by atoms with Crippen molar-refractivity contribution in [2.45, 2.75) is 45.3 Å². The van der Waals surface area contributed by atoms with E-state index in [-0.39, 0.29) is 25.3 Å². The maximum atomic E-state index is 12.0. The number of imide groups is 1. The molecule has 0 aromatic carbocycles. The van der Waals surface area contributed by atoms with Crippen LogP contribution in [-0.4, -0.2) is 52.2 Å². The van der Waals surface area contributed by atoms with E-state index >= 15 is 0 Å². The number of carbonyl (C=O) groups excluding carboxylic acids is 2. The average Bonchev–Trinajstić information content (AvgIpc) is 2.29. The van der Waals surface area contributed by atoms with Crippen LogP contribution in [0.5, 0.6) is 0 Å². The third-order valence-electron chi connectivity index (χ3n) is 2.39. The first-order valence-electron chi connectivity index (χ1n) is 6.58. The predicted octanol–water partition coefficient (Wildman–Crippen LogP) is 0.0187. The fourth-order valence-electron chi connectivity index (χ4n) is 1.56. The Morgan fingerprint density at radius 3 is 2.23 bits per heavy atom. The largest absolute Gasteiger partial charge is 0.480 e. The molecule has 0 aliphatic carbocycles. The molecule has 0 aromatic rings. The van der Waals surface area contributed by atoms with Gasteiger partial charge in [0.1, 0.15) is 11.6 Å². The number of ether oxygens (including phenoxy) is 1. The molecular formula is C12H23N5O5. The third-order valence-corrected chi connectivity index (χ3v) is 2.39. The normalized spacial score (nSPS) is 12.1. The van der Waals surface area contributed by atoms with Crippen LogP contribution >= 0.6 is 0 Å². The second-order valence-corrected chi connectivity index (χ2v) is 5.53. The smallest absolute Gasteiger partial charge is 0.419 e. The summed E-state index contributed by atoms with van der Waals surface area (Å²) in [6.45, 7) is 4.96.